The second-order valence-electron chi connectivity index (χ2n) is 13.0. The molecule has 11 atom stereocenters. The van der Waals surface area contributed by atoms with Gasteiger partial charge in [-0.3, -0.25) is 4.79 Å². The zero-order valence-electron chi connectivity index (χ0n) is 20.5. The van der Waals surface area contributed by atoms with Crippen molar-refractivity contribution < 1.29 is 4.79 Å². The molecule has 1 unspecified atom stereocenters. The van der Waals surface area contributed by atoms with E-state index in [0.717, 1.165) is 58.4 Å². The molecule has 2 aromatic rings. The lowest BCUT2D eigenvalue weighted by atomic mass is 9.47. The fourth-order valence-electron chi connectivity index (χ4n) is 10.3. The standard InChI is InChI=1S/C29H39N3O/c1-16-8-10-19-18(14-16)9-11-21-20(19)12-13-29(3)27(21)25-17(2)26(25)28(29)24(33)15-32-30-22-6-4-5-7-23(22)31-32/h4-7,16-21,25-28H,8-15H2,1-3H3/t16-,17-,18+,19-,20+,21+,25+,26-,27?,28-,29-/m0/s1. The number of ketones is 1. The number of fused-ring (bicyclic) bond motifs is 8. The highest BCUT2D eigenvalue weighted by atomic mass is 16.1. The molecule has 5 saturated carbocycles. The van der Waals surface area contributed by atoms with Gasteiger partial charge in [-0.2, -0.15) is 15.0 Å². The SMILES string of the molecule is C[C@H]1CC[C@H]2[C@H](CC[C@H]3C4[C@@H]5[C@H](C)[C@@H]5[C@H](C(=O)Cn5nc6ccccc6n5)[C@@]4(C)CC[C@H]23)C1. The minimum Gasteiger partial charge on any atom is -0.297 e. The summed E-state index contributed by atoms with van der Waals surface area (Å²) >= 11 is 0. The fraction of sp³-hybridized carbons (Fsp3) is 0.759. The molecule has 5 aliphatic rings. The molecular weight excluding hydrogens is 406 g/mol. The number of Topliss-reactive ketones (excluding diaryl/α,β-unsaturated/α-hetero) is 1. The van der Waals surface area contributed by atoms with Crippen LogP contribution < -0.4 is 0 Å². The van der Waals surface area contributed by atoms with Gasteiger partial charge in [0.1, 0.15) is 17.6 Å². The molecule has 0 bridgehead atoms. The summed E-state index contributed by atoms with van der Waals surface area (Å²) in [4.78, 5) is 15.5. The van der Waals surface area contributed by atoms with Gasteiger partial charge in [0, 0.05) is 5.92 Å². The second-order valence-corrected chi connectivity index (χ2v) is 13.0. The van der Waals surface area contributed by atoms with Crippen LogP contribution in [0.1, 0.15) is 65.7 Å². The second kappa shape index (κ2) is 7.15. The molecule has 176 valence electrons. The van der Waals surface area contributed by atoms with Crippen LogP contribution >= 0.6 is 0 Å². The van der Waals surface area contributed by atoms with Gasteiger partial charge in [-0.25, -0.2) is 0 Å². The number of hydrogen-bond acceptors (Lipinski definition) is 3. The number of benzene rings is 1. The van der Waals surface area contributed by atoms with E-state index in [1.165, 1.54) is 44.9 Å². The average molecular weight is 446 g/mol. The van der Waals surface area contributed by atoms with Crippen molar-refractivity contribution in [2.24, 2.45) is 64.6 Å². The molecule has 0 saturated heterocycles. The summed E-state index contributed by atoms with van der Waals surface area (Å²) in [6.07, 6.45) is 9.92. The third-order valence-corrected chi connectivity index (χ3v) is 11.5. The number of nitrogens with zero attached hydrogens (tertiary/aromatic N) is 3. The Bertz CT molecular complexity index is 1060. The van der Waals surface area contributed by atoms with Crippen LogP contribution in [0.4, 0.5) is 0 Å². The highest BCUT2D eigenvalue weighted by Crippen LogP contribution is 2.76. The Hall–Kier alpha value is -1.71. The zero-order valence-corrected chi connectivity index (χ0v) is 20.5. The smallest absolute Gasteiger partial charge is 0.160 e. The third kappa shape index (κ3) is 2.91. The summed E-state index contributed by atoms with van der Waals surface area (Å²) < 4.78 is 0. The Kier molecular flexibility index (Phi) is 4.47. The van der Waals surface area contributed by atoms with Crippen molar-refractivity contribution in [1.29, 1.82) is 0 Å². The van der Waals surface area contributed by atoms with Crippen LogP contribution in [-0.4, -0.2) is 20.8 Å². The maximum absolute atomic E-state index is 13.9. The highest BCUT2D eigenvalue weighted by Gasteiger charge is 2.73. The molecule has 1 aromatic carbocycles. The van der Waals surface area contributed by atoms with Crippen molar-refractivity contribution in [2.45, 2.75) is 72.3 Å². The van der Waals surface area contributed by atoms with Crippen LogP contribution in [0.25, 0.3) is 11.0 Å². The molecule has 4 nitrogen and oxygen atoms in total. The van der Waals surface area contributed by atoms with E-state index < -0.39 is 0 Å². The van der Waals surface area contributed by atoms with E-state index >= 15 is 0 Å². The monoisotopic (exact) mass is 445 g/mol. The topological polar surface area (TPSA) is 47.8 Å². The van der Waals surface area contributed by atoms with Gasteiger partial charge in [0.05, 0.1) is 0 Å². The highest BCUT2D eigenvalue weighted by molar-refractivity contribution is 5.83. The first-order valence-electron chi connectivity index (χ1n) is 13.8. The normalized spacial score (nSPS) is 48.0. The molecule has 5 fully saturated rings. The van der Waals surface area contributed by atoms with Gasteiger partial charge < -0.3 is 0 Å². The van der Waals surface area contributed by atoms with E-state index in [2.05, 4.69) is 31.0 Å². The summed E-state index contributed by atoms with van der Waals surface area (Å²) in [7, 11) is 0. The van der Waals surface area contributed by atoms with Crippen molar-refractivity contribution in [2.75, 3.05) is 0 Å². The largest absolute Gasteiger partial charge is 0.297 e. The maximum Gasteiger partial charge on any atom is 0.160 e. The molecule has 0 radical (unpaired) electrons. The van der Waals surface area contributed by atoms with Crippen molar-refractivity contribution in [3.8, 4) is 0 Å². The Morgan fingerprint density at radius 1 is 0.970 bits per heavy atom. The van der Waals surface area contributed by atoms with Crippen LogP contribution in [-0.2, 0) is 11.3 Å². The van der Waals surface area contributed by atoms with Gasteiger partial charge in [0.2, 0.25) is 0 Å². The summed E-state index contributed by atoms with van der Waals surface area (Å²) in [5.74, 6) is 8.23. The first-order valence-corrected chi connectivity index (χ1v) is 13.8. The molecule has 4 heteroatoms. The Morgan fingerprint density at radius 3 is 2.45 bits per heavy atom. The molecule has 1 heterocycles. The van der Waals surface area contributed by atoms with Gasteiger partial charge >= 0.3 is 0 Å². The predicted octanol–water partition coefficient (Wildman–Crippen LogP) is 6.01. The predicted molar refractivity (Wildman–Crippen MR) is 129 cm³/mol. The molecule has 5 aliphatic carbocycles. The number of hydrogen-bond donors (Lipinski definition) is 0. The van der Waals surface area contributed by atoms with E-state index in [1.54, 1.807) is 4.80 Å². The van der Waals surface area contributed by atoms with Gasteiger partial charge in [-0.05, 0) is 109 Å². The van der Waals surface area contributed by atoms with Gasteiger partial charge in [-0.1, -0.05) is 39.3 Å². The van der Waals surface area contributed by atoms with E-state index in [-0.39, 0.29) is 11.3 Å². The maximum atomic E-state index is 13.9. The van der Waals surface area contributed by atoms with Crippen LogP contribution in [0, 0.1) is 64.6 Å². The van der Waals surface area contributed by atoms with Crippen LogP contribution in [0.5, 0.6) is 0 Å². The van der Waals surface area contributed by atoms with E-state index in [4.69, 9.17) is 0 Å². The van der Waals surface area contributed by atoms with Crippen molar-refractivity contribution >= 4 is 16.8 Å². The molecule has 33 heavy (non-hydrogen) atoms. The molecule has 0 spiro atoms. The Morgan fingerprint density at radius 2 is 1.70 bits per heavy atom. The van der Waals surface area contributed by atoms with Crippen molar-refractivity contribution in [3.63, 3.8) is 0 Å². The van der Waals surface area contributed by atoms with E-state index in [1.807, 2.05) is 24.3 Å². The molecule has 0 N–H and O–H groups in total. The molecular formula is C29H39N3O. The minimum atomic E-state index is 0.196. The van der Waals surface area contributed by atoms with E-state index in [0.29, 0.717) is 18.2 Å². The molecule has 7 rings (SSSR count). The van der Waals surface area contributed by atoms with Crippen LogP contribution in [0.15, 0.2) is 24.3 Å². The Labute approximate surface area is 197 Å². The molecule has 0 aliphatic heterocycles. The van der Waals surface area contributed by atoms with Gasteiger partial charge in [-0.15, -0.1) is 0 Å². The number of carbonyl (C=O) groups is 1. The number of rotatable bonds is 3. The lowest BCUT2D eigenvalue weighted by Gasteiger charge is -2.57. The Balaban J connectivity index is 1.16. The zero-order chi connectivity index (χ0) is 22.5. The summed E-state index contributed by atoms with van der Waals surface area (Å²) in [5.41, 5.74) is 1.97. The van der Waals surface area contributed by atoms with Crippen molar-refractivity contribution in [1.82, 2.24) is 15.0 Å². The molecule has 0 amide bonds. The van der Waals surface area contributed by atoms with Gasteiger partial charge in [0.15, 0.2) is 5.78 Å². The quantitative estimate of drug-likeness (QED) is 0.581. The fourth-order valence-corrected chi connectivity index (χ4v) is 10.3. The third-order valence-electron chi connectivity index (χ3n) is 11.5. The summed E-state index contributed by atoms with van der Waals surface area (Å²) in [5, 5.41) is 9.22. The van der Waals surface area contributed by atoms with Crippen LogP contribution in [0.3, 0.4) is 0 Å². The first-order chi connectivity index (χ1) is 16.0. The molecule has 1 aromatic heterocycles. The average Bonchev–Trinajstić information content (AvgIpc) is 3.15. The number of carbonyl (C=O) groups excluding carboxylic acids is 1. The first kappa shape index (κ1) is 20.6. The van der Waals surface area contributed by atoms with E-state index in [9.17, 15) is 4.79 Å². The van der Waals surface area contributed by atoms with Gasteiger partial charge in [0.25, 0.3) is 0 Å². The lowest BCUT2D eigenvalue weighted by Crippen LogP contribution is -2.51. The van der Waals surface area contributed by atoms with Crippen molar-refractivity contribution in [3.05, 3.63) is 24.3 Å². The summed E-state index contributed by atoms with van der Waals surface area (Å²) in [6, 6.07) is 7.95. The minimum absolute atomic E-state index is 0.196. The lowest BCUT2D eigenvalue weighted by molar-refractivity contribution is -0.135. The van der Waals surface area contributed by atoms with Crippen LogP contribution in [0.2, 0.25) is 0 Å². The number of aromatic nitrogens is 3. The summed E-state index contributed by atoms with van der Waals surface area (Å²) in [6.45, 7) is 7.76.